The molecule has 1 aromatic heterocycles. The number of hydrogen-bond donors (Lipinski definition) is 0. The highest BCUT2D eigenvalue weighted by Gasteiger charge is 2.08. The van der Waals surface area contributed by atoms with Gasteiger partial charge in [0, 0.05) is 17.9 Å². The lowest BCUT2D eigenvalue weighted by molar-refractivity contribution is 0.383. The fraction of sp³-hybridized carbons (Fsp3) is 0.200. The molecule has 3 nitrogen and oxygen atoms in total. The van der Waals surface area contributed by atoms with E-state index in [9.17, 15) is 4.39 Å². The van der Waals surface area contributed by atoms with Gasteiger partial charge >= 0.3 is 0 Å². The second-order valence-corrected chi connectivity index (χ2v) is 3.34. The molecular formula is C10H8ClFN2O. The molecule has 78 valence electrons. The van der Waals surface area contributed by atoms with Crippen LogP contribution in [0.5, 0.6) is 0 Å². The highest BCUT2D eigenvalue weighted by molar-refractivity contribution is 6.17. The number of nitrogens with zero attached hydrogens (tertiary/aromatic N) is 2. The normalized spacial score (nSPS) is 10.5. The first-order chi connectivity index (χ1) is 7.29. The molecule has 0 saturated carbocycles. The zero-order valence-corrected chi connectivity index (χ0v) is 8.54. The third-order valence-electron chi connectivity index (χ3n) is 1.86. The molecule has 0 amide bonds. The lowest BCUT2D eigenvalue weighted by Gasteiger charge is -1.92. The summed E-state index contributed by atoms with van der Waals surface area (Å²) < 4.78 is 17.8. The topological polar surface area (TPSA) is 38.9 Å². The minimum atomic E-state index is -0.323. The number of aromatic nitrogens is 2. The standard InChI is InChI=1S/C10H8ClFN2O/c11-5-4-9-13-10(14-15-9)7-2-1-3-8(12)6-7/h1-3,6H,4-5H2. The van der Waals surface area contributed by atoms with Crippen LogP contribution >= 0.6 is 11.6 Å². The van der Waals surface area contributed by atoms with Gasteiger partial charge in [-0.25, -0.2) is 4.39 Å². The molecule has 0 aliphatic heterocycles. The van der Waals surface area contributed by atoms with Crippen LogP contribution in [0.3, 0.4) is 0 Å². The Labute approximate surface area is 90.9 Å². The Morgan fingerprint density at radius 3 is 3.00 bits per heavy atom. The van der Waals surface area contributed by atoms with Gasteiger partial charge in [0.15, 0.2) is 0 Å². The molecular weight excluding hydrogens is 219 g/mol. The summed E-state index contributed by atoms with van der Waals surface area (Å²) in [5.41, 5.74) is 0.597. The predicted molar refractivity (Wildman–Crippen MR) is 54.1 cm³/mol. The molecule has 15 heavy (non-hydrogen) atoms. The van der Waals surface area contributed by atoms with Crippen LogP contribution in [-0.2, 0) is 6.42 Å². The van der Waals surface area contributed by atoms with Crippen molar-refractivity contribution in [3.05, 3.63) is 36.0 Å². The Balaban J connectivity index is 2.29. The Morgan fingerprint density at radius 2 is 2.27 bits per heavy atom. The molecule has 5 heteroatoms. The van der Waals surface area contributed by atoms with Crippen LogP contribution in [0, 0.1) is 5.82 Å². The van der Waals surface area contributed by atoms with Crippen molar-refractivity contribution in [3.8, 4) is 11.4 Å². The van der Waals surface area contributed by atoms with E-state index in [2.05, 4.69) is 10.1 Å². The van der Waals surface area contributed by atoms with E-state index in [0.717, 1.165) is 0 Å². The van der Waals surface area contributed by atoms with E-state index in [1.165, 1.54) is 12.1 Å². The fourth-order valence-corrected chi connectivity index (χ4v) is 1.34. The van der Waals surface area contributed by atoms with Gasteiger partial charge in [-0.3, -0.25) is 0 Å². The van der Waals surface area contributed by atoms with Gasteiger partial charge in [0.2, 0.25) is 11.7 Å². The van der Waals surface area contributed by atoms with E-state index < -0.39 is 0 Å². The third-order valence-corrected chi connectivity index (χ3v) is 2.05. The summed E-state index contributed by atoms with van der Waals surface area (Å²) in [6, 6.07) is 6.04. The minimum absolute atomic E-state index is 0.323. The van der Waals surface area contributed by atoms with Crippen molar-refractivity contribution in [2.45, 2.75) is 6.42 Å². The first kappa shape index (κ1) is 10.1. The van der Waals surface area contributed by atoms with Crippen LogP contribution in [0.25, 0.3) is 11.4 Å². The summed E-state index contributed by atoms with van der Waals surface area (Å²) in [4.78, 5) is 4.08. The van der Waals surface area contributed by atoms with E-state index in [1.807, 2.05) is 0 Å². The average Bonchev–Trinajstić information content (AvgIpc) is 2.67. The van der Waals surface area contributed by atoms with Gasteiger partial charge in [0.05, 0.1) is 0 Å². The summed E-state index contributed by atoms with van der Waals surface area (Å²) in [5.74, 6) is 0.945. The Hall–Kier alpha value is -1.42. The zero-order chi connectivity index (χ0) is 10.7. The summed E-state index contributed by atoms with van der Waals surface area (Å²) in [5, 5.41) is 3.73. The van der Waals surface area contributed by atoms with Gasteiger partial charge in [-0.15, -0.1) is 11.6 Å². The molecule has 0 atom stereocenters. The van der Waals surface area contributed by atoms with Crippen LogP contribution < -0.4 is 0 Å². The number of alkyl halides is 1. The molecule has 2 rings (SSSR count). The molecule has 0 radical (unpaired) electrons. The first-order valence-electron chi connectivity index (χ1n) is 4.44. The van der Waals surface area contributed by atoms with Crippen LogP contribution in [-0.4, -0.2) is 16.0 Å². The van der Waals surface area contributed by atoms with Gasteiger partial charge in [-0.2, -0.15) is 4.98 Å². The maximum Gasteiger partial charge on any atom is 0.228 e. The molecule has 0 bridgehead atoms. The molecule has 0 N–H and O–H groups in total. The molecule has 0 fully saturated rings. The van der Waals surface area contributed by atoms with Crippen LogP contribution in [0.1, 0.15) is 5.89 Å². The van der Waals surface area contributed by atoms with Crippen molar-refractivity contribution in [1.29, 1.82) is 0 Å². The minimum Gasteiger partial charge on any atom is -0.339 e. The molecule has 0 saturated heterocycles. The Bertz CT molecular complexity index is 458. The van der Waals surface area contributed by atoms with Gasteiger partial charge in [0.1, 0.15) is 5.82 Å². The number of aryl methyl sites for hydroxylation is 1. The van der Waals surface area contributed by atoms with Crippen molar-refractivity contribution in [3.63, 3.8) is 0 Å². The van der Waals surface area contributed by atoms with Crippen molar-refractivity contribution < 1.29 is 8.91 Å². The molecule has 2 aromatic rings. The number of hydrogen-bond acceptors (Lipinski definition) is 3. The van der Waals surface area contributed by atoms with E-state index in [0.29, 0.717) is 29.6 Å². The number of halogens is 2. The lowest BCUT2D eigenvalue weighted by Crippen LogP contribution is -1.86. The lowest BCUT2D eigenvalue weighted by atomic mass is 10.2. The second-order valence-electron chi connectivity index (χ2n) is 2.96. The molecule has 0 aliphatic rings. The Morgan fingerprint density at radius 1 is 1.40 bits per heavy atom. The third kappa shape index (κ3) is 2.33. The summed E-state index contributed by atoms with van der Waals surface area (Å²) in [6.45, 7) is 0. The largest absolute Gasteiger partial charge is 0.339 e. The summed E-state index contributed by atoms with van der Waals surface area (Å²) in [7, 11) is 0. The van der Waals surface area contributed by atoms with Crippen molar-refractivity contribution in [2.24, 2.45) is 0 Å². The van der Waals surface area contributed by atoms with Gasteiger partial charge in [-0.1, -0.05) is 17.3 Å². The van der Waals surface area contributed by atoms with E-state index >= 15 is 0 Å². The molecule has 0 aliphatic carbocycles. The van der Waals surface area contributed by atoms with E-state index in [-0.39, 0.29) is 5.82 Å². The van der Waals surface area contributed by atoms with Crippen LogP contribution in [0.4, 0.5) is 4.39 Å². The van der Waals surface area contributed by atoms with Crippen LogP contribution in [0.15, 0.2) is 28.8 Å². The first-order valence-corrected chi connectivity index (χ1v) is 4.97. The van der Waals surface area contributed by atoms with Crippen LogP contribution in [0.2, 0.25) is 0 Å². The van der Waals surface area contributed by atoms with Crippen molar-refractivity contribution in [2.75, 3.05) is 5.88 Å². The molecule has 1 aromatic carbocycles. The fourth-order valence-electron chi connectivity index (χ4n) is 1.18. The second kappa shape index (κ2) is 4.40. The zero-order valence-electron chi connectivity index (χ0n) is 7.78. The smallest absolute Gasteiger partial charge is 0.228 e. The van der Waals surface area contributed by atoms with Gasteiger partial charge in [0.25, 0.3) is 0 Å². The maximum atomic E-state index is 12.9. The average molecular weight is 227 g/mol. The highest BCUT2D eigenvalue weighted by atomic mass is 35.5. The number of rotatable bonds is 3. The van der Waals surface area contributed by atoms with Gasteiger partial charge in [-0.05, 0) is 12.1 Å². The number of benzene rings is 1. The predicted octanol–water partition coefficient (Wildman–Crippen LogP) is 2.66. The summed E-state index contributed by atoms with van der Waals surface area (Å²) >= 11 is 5.53. The molecule has 0 spiro atoms. The monoisotopic (exact) mass is 226 g/mol. The summed E-state index contributed by atoms with van der Waals surface area (Å²) in [6.07, 6.45) is 0.518. The Kier molecular flexibility index (Phi) is 2.97. The SMILES string of the molecule is Fc1cccc(-c2noc(CCCl)n2)c1. The van der Waals surface area contributed by atoms with E-state index in [4.69, 9.17) is 16.1 Å². The quantitative estimate of drug-likeness (QED) is 0.756. The van der Waals surface area contributed by atoms with Crippen molar-refractivity contribution >= 4 is 11.6 Å². The molecule has 1 heterocycles. The maximum absolute atomic E-state index is 12.9. The van der Waals surface area contributed by atoms with E-state index in [1.54, 1.807) is 12.1 Å². The van der Waals surface area contributed by atoms with Crippen molar-refractivity contribution in [1.82, 2.24) is 10.1 Å². The highest BCUT2D eigenvalue weighted by Crippen LogP contribution is 2.16. The van der Waals surface area contributed by atoms with Gasteiger partial charge < -0.3 is 4.52 Å². The molecule has 0 unspecified atom stereocenters.